The van der Waals surface area contributed by atoms with E-state index in [0.717, 1.165) is 16.7 Å². The minimum Gasteiger partial charge on any atom is -0.497 e. The summed E-state index contributed by atoms with van der Waals surface area (Å²) in [6.45, 7) is 4.28. The van der Waals surface area contributed by atoms with Gasteiger partial charge in [-0.3, -0.25) is 9.59 Å². The Balaban J connectivity index is 1.73. The van der Waals surface area contributed by atoms with Gasteiger partial charge in [-0.25, -0.2) is 0 Å². The number of amides is 1. The average molecular weight is 524 g/mol. The molecular formula is C27H26BrNO5. The van der Waals surface area contributed by atoms with Crippen molar-refractivity contribution < 1.29 is 24.2 Å². The number of ketones is 1. The van der Waals surface area contributed by atoms with E-state index in [1.807, 2.05) is 38.1 Å². The summed E-state index contributed by atoms with van der Waals surface area (Å²) in [6.07, 6.45) is -0.415. The second-order valence-electron chi connectivity index (χ2n) is 8.51. The maximum absolute atomic E-state index is 13.7. The Morgan fingerprint density at radius 3 is 2.50 bits per heavy atom. The molecule has 0 saturated carbocycles. The van der Waals surface area contributed by atoms with Gasteiger partial charge in [0.25, 0.3) is 5.91 Å². The van der Waals surface area contributed by atoms with Gasteiger partial charge in [-0.05, 0) is 55.3 Å². The van der Waals surface area contributed by atoms with Crippen LogP contribution < -0.4 is 14.4 Å². The summed E-state index contributed by atoms with van der Waals surface area (Å²) in [4.78, 5) is 28.6. The van der Waals surface area contributed by atoms with Crippen LogP contribution in [0, 0.1) is 13.8 Å². The second-order valence-corrected chi connectivity index (χ2v) is 9.42. The molecule has 6 nitrogen and oxygen atoms in total. The standard InChI is InChI=1S/C27H26BrNO5/c1-16-5-6-17(2)18(11-16)15-29-23-10-7-19(28)12-22(23)27(32,26(29)31)14-24(30)21-9-8-20(33-3)13-25(21)34-4/h5-13,32H,14-15H2,1-4H3/t27-/m1/s1. The number of anilines is 1. The highest BCUT2D eigenvalue weighted by Gasteiger charge is 2.51. The number of benzene rings is 3. The molecule has 0 bridgehead atoms. The van der Waals surface area contributed by atoms with E-state index in [1.54, 1.807) is 35.2 Å². The van der Waals surface area contributed by atoms with Crippen LogP contribution >= 0.6 is 15.9 Å². The van der Waals surface area contributed by atoms with Crippen LogP contribution in [0.5, 0.6) is 11.5 Å². The minimum atomic E-state index is -2.00. The van der Waals surface area contributed by atoms with E-state index in [-0.39, 0.29) is 5.56 Å². The fraction of sp³-hybridized carbons (Fsp3) is 0.259. The lowest BCUT2D eigenvalue weighted by Gasteiger charge is -2.24. The van der Waals surface area contributed by atoms with Gasteiger partial charge in [0, 0.05) is 16.1 Å². The summed E-state index contributed by atoms with van der Waals surface area (Å²) in [5.41, 5.74) is 2.37. The molecule has 1 N–H and O–H groups in total. The fourth-order valence-electron chi connectivity index (χ4n) is 4.35. The number of carbonyl (C=O) groups excluding carboxylic acids is 2. The highest BCUT2D eigenvalue weighted by Crippen LogP contribution is 2.45. The molecule has 0 aliphatic carbocycles. The number of hydrogen-bond acceptors (Lipinski definition) is 5. The Bertz CT molecular complexity index is 1290. The largest absolute Gasteiger partial charge is 0.497 e. The molecule has 0 fully saturated rings. The van der Waals surface area contributed by atoms with Crippen molar-refractivity contribution in [3.05, 3.63) is 86.9 Å². The molecule has 0 aromatic heterocycles. The van der Waals surface area contributed by atoms with Crippen LogP contribution in [0.4, 0.5) is 5.69 Å². The molecular weight excluding hydrogens is 498 g/mol. The third kappa shape index (κ3) is 4.21. The first-order valence-electron chi connectivity index (χ1n) is 10.8. The normalized spacial score (nSPS) is 17.0. The molecule has 1 aliphatic rings. The molecule has 0 saturated heterocycles. The summed E-state index contributed by atoms with van der Waals surface area (Å²) < 4.78 is 11.3. The fourth-order valence-corrected chi connectivity index (χ4v) is 4.71. The first-order valence-corrected chi connectivity index (χ1v) is 11.6. The van der Waals surface area contributed by atoms with E-state index in [2.05, 4.69) is 15.9 Å². The van der Waals surface area contributed by atoms with Gasteiger partial charge in [0.15, 0.2) is 11.4 Å². The predicted octanol–water partition coefficient (Wildman–Crippen LogP) is 5.09. The Labute approximate surface area is 207 Å². The molecule has 4 rings (SSSR count). The first-order chi connectivity index (χ1) is 16.2. The van der Waals surface area contributed by atoms with E-state index in [0.29, 0.717) is 33.8 Å². The SMILES string of the molecule is COc1ccc(C(=O)C[C@]2(O)C(=O)N(Cc3cc(C)ccc3C)c3ccc(Br)cc32)c(OC)c1. The van der Waals surface area contributed by atoms with Crippen LogP contribution in [-0.2, 0) is 16.9 Å². The van der Waals surface area contributed by atoms with E-state index >= 15 is 0 Å². The van der Waals surface area contributed by atoms with Gasteiger partial charge >= 0.3 is 0 Å². The highest BCUT2D eigenvalue weighted by atomic mass is 79.9. The van der Waals surface area contributed by atoms with E-state index in [4.69, 9.17) is 9.47 Å². The molecule has 176 valence electrons. The topological polar surface area (TPSA) is 76.1 Å². The smallest absolute Gasteiger partial charge is 0.264 e. The monoisotopic (exact) mass is 523 g/mol. The molecule has 3 aromatic carbocycles. The van der Waals surface area contributed by atoms with Crippen molar-refractivity contribution in [3.8, 4) is 11.5 Å². The quantitative estimate of drug-likeness (QED) is 0.436. The maximum atomic E-state index is 13.7. The van der Waals surface area contributed by atoms with Crippen molar-refractivity contribution in [2.75, 3.05) is 19.1 Å². The zero-order valence-corrected chi connectivity index (χ0v) is 21.1. The van der Waals surface area contributed by atoms with Gasteiger partial charge < -0.3 is 19.5 Å². The van der Waals surface area contributed by atoms with Gasteiger partial charge in [0.1, 0.15) is 11.5 Å². The average Bonchev–Trinajstić information content (AvgIpc) is 3.02. The number of Topliss-reactive ketones (excluding diaryl/α,β-unsaturated/α-hetero) is 1. The lowest BCUT2D eigenvalue weighted by Crippen LogP contribution is -2.41. The highest BCUT2D eigenvalue weighted by molar-refractivity contribution is 9.10. The van der Waals surface area contributed by atoms with Crippen LogP contribution in [0.2, 0.25) is 0 Å². The number of carbonyl (C=O) groups is 2. The number of hydrogen-bond donors (Lipinski definition) is 1. The molecule has 1 aliphatic heterocycles. The van der Waals surface area contributed by atoms with Crippen molar-refractivity contribution >= 4 is 33.3 Å². The number of methoxy groups -OCH3 is 2. The van der Waals surface area contributed by atoms with Gasteiger partial charge in [-0.1, -0.05) is 39.7 Å². The number of aliphatic hydroxyl groups is 1. The predicted molar refractivity (Wildman–Crippen MR) is 134 cm³/mol. The van der Waals surface area contributed by atoms with Crippen molar-refractivity contribution in [1.82, 2.24) is 0 Å². The van der Waals surface area contributed by atoms with Crippen LogP contribution in [0.1, 0.15) is 39.0 Å². The van der Waals surface area contributed by atoms with Gasteiger partial charge in [0.2, 0.25) is 0 Å². The van der Waals surface area contributed by atoms with Crippen molar-refractivity contribution in [2.24, 2.45) is 0 Å². The Morgan fingerprint density at radius 2 is 1.79 bits per heavy atom. The number of ether oxygens (including phenoxy) is 2. The summed E-state index contributed by atoms with van der Waals surface area (Å²) >= 11 is 3.43. The summed E-state index contributed by atoms with van der Waals surface area (Å²) in [5.74, 6) is -0.0738. The van der Waals surface area contributed by atoms with Gasteiger partial charge in [-0.2, -0.15) is 0 Å². The number of aryl methyl sites for hydroxylation is 2. The lowest BCUT2D eigenvalue weighted by molar-refractivity contribution is -0.136. The molecule has 0 spiro atoms. The molecule has 1 atom stereocenters. The van der Waals surface area contributed by atoms with Crippen molar-refractivity contribution in [1.29, 1.82) is 0 Å². The molecule has 1 heterocycles. The number of rotatable bonds is 7. The number of nitrogens with zero attached hydrogens (tertiary/aromatic N) is 1. The van der Waals surface area contributed by atoms with Crippen LogP contribution in [0.25, 0.3) is 0 Å². The Kier molecular flexibility index (Phi) is 6.51. The van der Waals surface area contributed by atoms with Crippen LogP contribution in [-0.4, -0.2) is 31.0 Å². The summed E-state index contributed by atoms with van der Waals surface area (Å²) in [7, 11) is 2.98. The molecule has 3 aromatic rings. The number of fused-ring (bicyclic) bond motifs is 1. The van der Waals surface area contributed by atoms with Crippen molar-refractivity contribution in [3.63, 3.8) is 0 Å². The molecule has 34 heavy (non-hydrogen) atoms. The second kappa shape index (κ2) is 9.24. The molecule has 0 radical (unpaired) electrons. The zero-order chi connectivity index (χ0) is 24.6. The van der Waals surface area contributed by atoms with Gasteiger partial charge in [0.05, 0.1) is 38.4 Å². The number of halogens is 1. The molecule has 7 heteroatoms. The Morgan fingerprint density at radius 1 is 1.03 bits per heavy atom. The summed E-state index contributed by atoms with van der Waals surface area (Å²) in [5, 5.41) is 11.7. The Hall–Kier alpha value is -3.16. The maximum Gasteiger partial charge on any atom is 0.264 e. The van der Waals surface area contributed by atoms with Gasteiger partial charge in [-0.15, -0.1) is 0 Å². The third-order valence-corrected chi connectivity index (χ3v) is 6.75. The van der Waals surface area contributed by atoms with E-state index in [9.17, 15) is 14.7 Å². The lowest BCUT2D eigenvalue weighted by atomic mass is 9.88. The zero-order valence-electron chi connectivity index (χ0n) is 19.5. The third-order valence-electron chi connectivity index (χ3n) is 6.25. The van der Waals surface area contributed by atoms with Crippen LogP contribution in [0.3, 0.4) is 0 Å². The molecule has 1 amide bonds. The molecule has 0 unspecified atom stereocenters. The van der Waals surface area contributed by atoms with E-state index in [1.165, 1.54) is 14.2 Å². The van der Waals surface area contributed by atoms with Crippen molar-refractivity contribution in [2.45, 2.75) is 32.4 Å². The summed E-state index contributed by atoms with van der Waals surface area (Å²) in [6, 6.07) is 16.2. The van der Waals surface area contributed by atoms with E-state index < -0.39 is 23.7 Å². The first kappa shape index (κ1) is 24.0. The minimum absolute atomic E-state index is 0.272. The van der Waals surface area contributed by atoms with Crippen LogP contribution in [0.15, 0.2) is 59.1 Å².